The molecule has 0 radical (unpaired) electrons. The molecule has 0 bridgehead atoms. The summed E-state index contributed by atoms with van der Waals surface area (Å²) in [6, 6.07) is 2.60. The Labute approximate surface area is 116 Å². The molecule has 0 aromatic carbocycles. The molecule has 2 N–H and O–H groups in total. The molecule has 18 heavy (non-hydrogen) atoms. The number of carbonyl (C=O) groups excluding carboxylic acids is 1. The highest BCUT2D eigenvalue weighted by molar-refractivity contribution is 6.33. The molecule has 1 rings (SSSR count). The monoisotopic (exact) mass is 290 g/mol. The summed E-state index contributed by atoms with van der Waals surface area (Å²) in [5, 5.41) is 12.3. The minimum Gasteiger partial charge on any atom is -0.394 e. The minimum atomic E-state index is -0.319. The molecular formula is C12H16Cl2N2O2. The standard InChI is InChI=1S/C12H16Cl2N2O2/c1-7(2)3-9(6-17)15-12(18)8-4-10(13)16-11(14)5-8/h4-5,7,9,17H,3,6H2,1-2H3,(H,15,18). The molecule has 0 saturated carbocycles. The molecule has 0 saturated heterocycles. The first kappa shape index (κ1) is 15.2. The summed E-state index contributed by atoms with van der Waals surface area (Å²) < 4.78 is 0. The molecule has 0 aliphatic rings. The summed E-state index contributed by atoms with van der Waals surface area (Å²) in [7, 11) is 0. The lowest BCUT2D eigenvalue weighted by molar-refractivity contribution is 0.0908. The van der Waals surface area contributed by atoms with Crippen molar-refractivity contribution in [3.8, 4) is 0 Å². The molecule has 1 unspecified atom stereocenters. The zero-order valence-corrected chi connectivity index (χ0v) is 11.8. The number of carbonyl (C=O) groups is 1. The van der Waals surface area contributed by atoms with Crippen molar-refractivity contribution in [3.05, 3.63) is 28.0 Å². The van der Waals surface area contributed by atoms with Crippen molar-refractivity contribution in [3.63, 3.8) is 0 Å². The third kappa shape index (κ3) is 4.80. The number of nitrogens with zero attached hydrogens (tertiary/aromatic N) is 1. The number of hydrogen-bond acceptors (Lipinski definition) is 3. The predicted molar refractivity (Wildman–Crippen MR) is 72.1 cm³/mol. The normalized spacial score (nSPS) is 12.6. The number of aliphatic hydroxyl groups excluding tert-OH is 1. The fraction of sp³-hybridized carbons (Fsp3) is 0.500. The van der Waals surface area contributed by atoms with Gasteiger partial charge in [-0.05, 0) is 24.5 Å². The van der Waals surface area contributed by atoms with E-state index < -0.39 is 0 Å². The van der Waals surface area contributed by atoms with E-state index in [-0.39, 0.29) is 28.9 Å². The number of nitrogens with one attached hydrogen (secondary N) is 1. The first-order valence-corrected chi connectivity index (χ1v) is 6.42. The summed E-state index contributed by atoms with van der Waals surface area (Å²) in [5.74, 6) is 0.0629. The van der Waals surface area contributed by atoms with Gasteiger partial charge in [0, 0.05) is 5.56 Å². The highest BCUT2D eigenvalue weighted by atomic mass is 35.5. The van der Waals surface area contributed by atoms with Crippen molar-refractivity contribution in [1.29, 1.82) is 0 Å². The van der Waals surface area contributed by atoms with Crippen molar-refractivity contribution in [1.82, 2.24) is 10.3 Å². The van der Waals surface area contributed by atoms with Crippen LogP contribution in [0.2, 0.25) is 10.3 Å². The van der Waals surface area contributed by atoms with Crippen LogP contribution in [0.4, 0.5) is 0 Å². The largest absolute Gasteiger partial charge is 0.394 e. The van der Waals surface area contributed by atoms with Crippen molar-refractivity contribution >= 4 is 29.1 Å². The lowest BCUT2D eigenvalue weighted by Gasteiger charge is -2.18. The van der Waals surface area contributed by atoms with Gasteiger partial charge in [0.05, 0.1) is 12.6 Å². The van der Waals surface area contributed by atoms with E-state index in [4.69, 9.17) is 23.2 Å². The second-order valence-corrected chi connectivity index (χ2v) is 5.26. The third-order valence-corrected chi connectivity index (χ3v) is 2.72. The Bertz CT molecular complexity index is 404. The van der Waals surface area contributed by atoms with Gasteiger partial charge in [0.15, 0.2) is 0 Å². The zero-order valence-electron chi connectivity index (χ0n) is 10.3. The molecule has 0 aliphatic heterocycles. The molecule has 1 amide bonds. The molecule has 100 valence electrons. The summed E-state index contributed by atoms with van der Waals surface area (Å²) >= 11 is 11.4. The van der Waals surface area contributed by atoms with E-state index in [2.05, 4.69) is 10.3 Å². The molecular weight excluding hydrogens is 275 g/mol. The average Bonchev–Trinajstić information content (AvgIpc) is 2.26. The Kier molecular flexibility index (Phi) is 5.85. The maximum atomic E-state index is 11.9. The van der Waals surface area contributed by atoms with Gasteiger partial charge in [-0.25, -0.2) is 4.98 Å². The Hall–Kier alpha value is -0.840. The van der Waals surface area contributed by atoms with E-state index >= 15 is 0 Å². The fourth-order valence-corrected chi connectivity index (χ4v) is 2.07. The number of aliphatic hydroxyl groups is 1. The van der Waals surface area contributed by atoms with Crippen LogP contribution < -0.4 is 5.32 Å². The van der Waals surface area contributed by atoms with E-state index in [0.29, 0.717) is 17.9 Å². The van der Waals surface area contributed by atoms with Crippen LogP contribution in [0.1, 0.15) is 30.6 Å². The van der Waals surface area contributed by atoms with Crippen molar-refractivity contribution in [2.75, 3.05) is 6.61 Å². The van der Waals surface area contributed by atoms with Crippen LogP contribution in [0.25, 0.3) is 0 Å². The minimum absolute atomic E-state index is 0.101. The lowest BCUT2D eigenvalue weighted by Crippen LogP contribution is -2.38. The number of amides is 1. The molecule has 0 aliphatic carbocycles. The van der Waals surface area contributed by atoms with Gasteiger partial charge in [-0.2, -0.15) is 0 Å². The van der Waals surface area contributed by atoms with Crippen LogP contribution in [0.3, 0.4) is 0 Å². The van der Waals surface area contributed by atoms with Gasteiger partial charge >= 0.3 is 0 Å². The van der Waals surface area contributed by atoms with E-state index in [9.17, 15) is 9.90 Å². The SMILES string of the molecule is CC(C)CC(CO)NC(=O)c1cc(Cl)nc(Cl)c1. The average molecular weight is 291 g/mol. The number of halogens is 2. The molecule has 1 heterocycles. The zero-order chi connectivity index (χ0) is 13.7. The van der Waals surface area contributed by atoms with Crippen LogP contribution in [0, 0.1) is 5.92 Å². The second kappa shape index (κ2) is 6.92. The maximum absolute atomic E-state index is 11.9. The van der Waals surface area contributed by atoms with Gasteiger partial charge in [-0.15, -0.1) is 0 Å². The van der Waals surface area contributed by atoms with E-state index in [1.807, 2.05) is 13.8 Å². The first-order valence-electron chi connectivity index (χ1n) is 5.67. The molecule has 6 heteroatoms. The first-order chi connectivity index (χ1) is 8.42. The summed E-state index contributed by atoms with van der Waals surface area (Å²) in [4.78, 5) is 15.7. The predicted octanol–water partition coefficient (Wildman–Crippen LogP) is 2.53. The van der Waals surface area contributed by atoms with Crippen LogP contribution in [0.15, 0.2) is 12.1 Å². The summed E-state index contributed by atoms with van der Waals surface area (Å²) in [5.41, 5.74) is 0.335. The Morgan fingerprint density at radius 3 is 2.39 bits per heavy atom. The number of pyridine rings is 1. The number of aromatic nitrogens is 1. The van der Waals surface area contributed by atoms with E-state index in [1.165, 1.54) is 12.1 Å². The van der Waals surface area contributed by atoms with Crippen LogP contribution in [0.5, 0.6) is 0 Å². The fourth-order valence-electron chi connectivity index (χ4n) is 1.61. The molecule has 1 aromatic heterocycles. The van der Waals surface area contributed by atoms with Crippen LogP contribution >= 0.6 is 23.2 Å². The summed E-state index contributed by atoms with van der Waals surface area (Å²) in [6.07, 6.45) is 0.703. The van der Waals surface area contributed by atoms with Gasteiger partial charge < -0.3 is 10.4 Å². The summed E-state index contributed by atoms with van der Waals surface area (Å²) in [6.45, 7) is 3.94. The lowest BCUT2D eigenvalue weighted by atomic mass is 10.0. The Morgan fingerprint density at radius 2 is 1.94 bits per heavy atom. The van der Waals surface area contributed by atoms with Crippen molar-refractivity contribution in [2.24, 2.45) is 5.92 Å². The van der Waals surface area contributed by atoms with Gasteiger partial charge in [0.2, 0.25) is 0 Å². The Balaban J connectivity index is 2.74. The Morgan fingerprint density at radius 1 is 1.39 bits per heavy atom. The van der Waals surface area contributed by atoms with E-state index in [1.54, 1.807) is 0 Å². The van der Waals surface area contributed by atoms with Gasteiger partial charge in [0.25, 0.3) is 5.91 Å². The topological polar surface area (TPSA) is 62.2 Å². The molecule has 0 fully saturated rings. The number of hydrogen-bond donors (Lipinski definition) is 2. The highest BCUT2D eigenvalue weighted by Gasteiger charge is 2.15. The smallest absolute Gasteiger partial charge is 0.251 e. The van der Waals surface area contributed by atoms with Crippen molar-refractivity contribution in [2.45, 2.75) is 26.3 Å². The molecule has 1 aromatic rings. The van der Waals surface area contributed by atoms with Crippen LogP contribution in [-0.2, 0) is 0 Å². The highest BCUT2D eigenvalue weighted by Crippen LogP contribution is 2.15. The third-order valence-electron chi connectivity index (χ3n) is 2.34. The van der Waals surface area contributed by atoms with Gasteiger partial charge in [-0.1, -0.05) is 37.0 Å². The van der Waals surface area contributed by atoms with Gasteiger partial charge in [0.1, 0.15) is 10.3 Å². The molecule has 0 spiro atoms. The van der Waals surface area contributed by atoms with Crippen molar-refractivity contribution < 1.29 is 9.90 Å². The van der Waals surface area contributed by atoms with Gasteiger partial charge in [-0.3, -0.25) is 4.79 Å². The number of rotatable bonds is 5. The maximum Gasteiger partial charge on any atom is 0.251 e. The second-order valence-electron chi connectivity index (χ2n) is 4.48. The quantitative estimate of drug-likeness (QED) is 0.819. The molecule has 1 atom stereocenters. The van der Waals surface area contributed by atoms with E-state index in [0.717, 1.165) is 0 Å². The van der Waals surface area contributed by atoms with Crippen LogP contribution in [-0.4, -0.2) is 28.6 Å². The molecule has 4 nitrogen and oxygen atoms in total.